The SMILES string of the molecule is C=CCC1C(=O)N(CC=C)c2ccccc2-c2ccccc2N1CC=C. The zero-order valence-corrected chi connectivity index (χ0v) is 15.0. The second-order valence-electron chi connectivity index (χ2n) is 6.25. The molecule has 1 unspecified atom stereocenters. The van der Waals surface area contributed by atoms with E-state index in [1.54, 1.807) is 12.2 Å². The molecule has 3 heteroatoms. The summed E-state index contributed by atoms with van der Waals surface area (Å²) < 4.78 is 0. The summed E-state index contributed by atoms with van der Waals surface area (Å²) in [5.41, 5.74) is 4.11. The Kier molecular flexibility index (Phi) is 5.37. The van der Waals surface area contributed by atoms with Crippen LogP contribution in [0.15, 0.2) is 86.5 Å². The lowest BCUT2D eigenvalue weighted by molar-refractivity contribution is -0.119. The summed E-state index contributed by atoms with van der Waals surface area (Å²) in [6.45, 7) is 12.7. The average Bonchev–Trinajstić information content (AvgIpc) is 2.68. The number of nitrogens with zero attached hydrogens (tertiary/aromatic N) is 2. The fourth-order valence-corrected chi connectivity index (χ4v) is 3.56. The van der Waals surface area contributed by atoms with Gasteiger partial charge in [-0.05, 0) is 18.6 Å². The van der Waals surface area contributed by atoms with Gasteiger partial charge in [0.05, 0.1) is 5.69 Å². The van der Waals surface area contributed by atoms with Crippen LogP contribution in [-0.4, -0.2) is 25.0 Å². The van der Waals surface area contributed by atoms with Crippen molar-refractivity contribution in [1.82, 2.24) is 0 Å². The second kappa shape index (κ2) is 7.87. The molecule has 0 radical (unpaired) electrons. The molecule has 26 heavy (non-hydrogen) atoms. The van der Waals surface area contributed by atoms with Gasteiger partial charge in [-0.15, -0.1) is 19.7 Å². The molecule has 0 spiro atoms. The molecule has 2 aromatic rings. The minimum absolute atomic E-state index is 0.0496. The van der Waals surface area contributed by atoms with Gasteiger partial charge in [0.15, 0.2) is 0 Å². The third-order valence-corrected chi connectivity index (χ3v) is 4.65. The quantitative estimate of drug-likeness (QED) is 0.701. The molecule has 3 rings (SSSR count). The Morgan fingerprint density at radius 2 is 1.38 bits per heavy atom. The summed E-state index contributed by atoms with van der Waals surface area (Å²) in [6, 6.07) is 15.9. The van der Waals surface area contributed by atoms with Crippen molar-refractivity contribution in [3.8, 4) is 11.1 Å². The molecular weight excluding hydrogens is 320 g/mol. The molecule has 0 aliphatic carbocycles. The lowest BCUT2D eigenvalue weighted by atomic mass is 9.96. The third kappa shape index (κ3) is 3.08. The van der Waals surface area contributed by atoms with E-state index in [1.165, 1.54) is 0 Å². The summed E-state index contributed by atoms with van der Waals surface area (Å²) >= 11 is 0. The Balaban J connectivity index is 2.31. The molecule has 1 heterocycles. The molecule has 1 aliphatic rings. The first-order valence-electron chi connectivity index (χ1n) is 8.82. The van der Waals surface area contributed by atoms with Crippen molar-refractivity contribution in [3.63, 3.8) is 0 Å². The normalized spacial score (nSPS) is 16.2. The highest BCUT2D eigenvalue weighted by Gasteiger charge is 2.33. The van der Waals surface area contributed by atoms with Crippen molar-refractivity contribution < 1.29 is 4.79 Å². The number of hydrogen-bond donors (Lipinski definition) is 0. The fourth-order valence-electron chi connectivity index (χ4n) is 3.56. The number of rotatable bonds is 6. The number of carbonyl (C=O) groups is 1. The van der Waals surface area contributed by atoms with Crippen molar-refractivity contribution >= 4 is 17.3 Å². The van der Waals surface area contributed by atoms with E-state index in [0.29, 0.717) is 19.5 Å². The minimum Gasteiger partial charge on any atom is -0.355 e. The van der Waals surface area contributed by atoms with E-state index in [0.717, 1.165) is 22.5 Å². The Morgan fingerprint density at radius 3 is 2.00 bits per heavy atom. The molecule has 0 aromatic heterocycles. The second-order valence-corrected chi connectivity index (χ2v) is 6.25. The fraction of sp³-hybridized carbons (Fsp3) is 0.174. The van der Waals surface area contributed by atoms with Gasteiger partial charge in [-0.2, -0.15) is 0 Å². The largest absolute Gasteiger partial charge is 0.355 e. The standard InChI is InChI=1S/C23H24N2O/c1-4-11-22-23(26)25(17-6-3)21-15-10-8-13-19(21)18-12-7-9-14-20(18)24(22)16-5-2/h4-10,12-15,22H,1-3,11,16-17H2. The maximum absolute atomic E-state index is 13.5. The molecule has 2 aromatic carbocycles. The molecule has 1 atom stereocenters. The van der Waals surface area contributed by atoms with Crippen molar-refractivity contribution in [3.05, 3.63) is 86.5 Å². The van der Waals surface area contributed by atoms with Gasteiger partial charge in [0.25, 0.3) is 0 Å². The third-order valence-electron chi connectivity index (χ3n) is 4.65. The summed E-state index contributed by atoms with van der Waals surface area (Å²) in [7, 11) is 0. The highest BCUT2D eigenvalue weighted by molar-refractivity contribution is 6.05. The topological polar surface area (TPSA) is 23.6 Å². The Bertz CT molecular complexity index is 840. The molecule has 0 bridgehead atoms. The van der Waals surface area contributed by atoms with E-state index in [-0.39, 0.29) is 11.9 Å². The average molecular weight is 344 g/mol. The van der Waals surface area contributed by atoms with E-state index in [4.69, 9.17) is 0 Å². The lowest BCUT2D eigenvalue weighted by Gasteiger charge is -2.39. The molecule has 3 nitrogen and oxygen atoms in total. The van der Waals surface area contributed by atoms with E-state index in [9.17, 15) is 4.79 Å². The minimum atomic E-state index is -0.333. The molecule has 132 valence electrons. The smallest absolute Gasteiger partial charge is 0.250 e. The monoisotopic (exact) mass is 344 g/mol. The molecule has 1 amide bonds. The number of fused-ring (bicyclic) bond motifs is 3. The van der Waals surface area contributed by atoms with Gasteiger partial charge >= 0.3 is 0 Å². The molecule has 0 saturated heterocycles. The summed E-state index contributed by atoms with van der Waals surface area (Å²) in [4.78, 5) is 17.4. The van der Waals surface area contributed by atoms with Crippen molar-refractivity contribution in [1.29, 1.82) is 0 Å². The van der Waals surface area contributed by atoms with Crippen LogP contribution in [0.5, 0.6) is 0 Å². The van der Waals surface area contributed by atoms with Gasteiger partial charge in [0.1, 0.15) is 6.04 Å². The first-order valence-corrected chi connectivity index (χ1v) is 8.82. The van der Waals surface area contributed by atoms with Crippen LogP contribution in [0.2, 0.25) is 0 Å². The van der Waals surface area contributed by atoms with Crippen LogP contribution >= 0.6 is 0 Å². The number of carbonyl (C=O) groups excluding carboxylic acids is 1. The van der Waals surface area contributed by atoms with Crippen LogP contribution in [0.25, 0.3) is 11.1 Å². The van der Waals surface area contributed by atoms with Gasteiger partial charge < -0.3 is 9.80 Å². The predicted molar refractivity (Wildman–Crippen MR) is 111 cm³/mol. The van der Waals surface area contributed by atoms with E-state index in [1.807, 2.05) is 41.3 Å². The van der Waals surface area contributed by atoms with Gasteiger partial charge in [-0.25, -0.2) is 0 Å². The highest BCUT2D eigenvalue weighted by atomic mass is 16.2. The van der Waals surface area contributed by atoms with Crippen LogP contribution in [0.3, 0.4) is 0 Å². The maximum atomic E-state index is 13.5. The van der Waals surface area contributed by atoms with E-state index < -0.39 is 0 Å². The number of anilines is 2. The number of benzene rings is 2. The van der Waals surface area contributed by atoms with Crippen molar-refractivity contribution in [2.24, 2.45) is 0 Å². The molecule has 0 saturated carbocycles. The van der Waals surface area contributed by atoms with Crippen molar-refractivity contribution in [2.45, 2.75) is 12.5 Å². The molecular formula is C23H24N2O. The van der Waals surface area contributed by atoms with E-state index >= 15 is 0 Å². The summed E-state index contributed by atoms with van der Waals surface area (Å²) in [5.74, 6) is 0.0496. The summed E-state index contributed by atoms with van der Waals surface area (Å²) in [5, 5.41) is 0. The van der Waals surface area contributed by atoms with Gasteiger partial charge in [0.2, 0.25) is 5.91 Å². The number of amides is 1. The number of para-hydroxylation sites is 2. The van der Waals surface area contributed by atoms with Crippen LogP contribution in [0, 0.1) is 0 Å². The Hall–Kier alpha value is -3.07. The van der Waals surface area contributed by atoms with Crippen molar-refractivity contribution in [2.75, 3.05) is 22.9 Å². The molecule has 0 N–H and O–H groups in total. The Morgan fingerprint density at radius 1 is 0.808 bits per heavy atom. The first kappa shape index (κ1) is 17.7. The van der Waals surface area contributed by atoms with Gasteiger partial charge in [-0.3, -0.25) is 4.79 Å². The highest BCUT2D eigenvalue weighted by Crippen LogP contribution is 2.40. The van der Waals surface area contributed by atoms with Gasteiger partial charge in [0, 0.05) is 29.9 Å². The maximum Gasteiger partial charge on any atom is 0.250 e. The number of hydrogen-bond acceptors (Lipinski definition) is 2. The van der Waals surface area contributed by atoms with Crippen LogP contribution in [-0.2, 0) is 4.79 Å². The zero-order chi connectivity index (χ0) is 18.5. The van der Waals surface area contributed by atoms with Gasteiger partial charge in [-0.1, -0.05) is 54.6 Å². The lowest BCUT2D eigenvalue weighted by Crippen LogP contribution is -2.50. The molecule has 1 aliphatic heterocycles. The van der Waals surface area contributed by atoms with Crippen LogP contribution < -0.4 is 9.80 Å². The first-order chi connectivity index (χ1) is 12.7. The zero-order valence-electron chi connectivity index (χ0n) is 15.0. The molecule has 0 fully saturated rings. The van der Waals surface area contributed by atoms with Crippen LogP contribution in [0.4, 0.5) is 11.4 Å². The van der Waals surface area contributed by atoms with Crippen LogP contribution in [0.1, 0.15) is 6.42 Å². The summed E-state index contributed by atoms with van der Waals surface area (Å²) in [6.07, 6.45) is 5.98. The Labute approximate surface area is 155 Å². The van der Waals surface area contributed by atoms with E-state index in [2.05, 4.69) is 42.8 Å². The predicted octanol–water partition coefficient (Wildman–Crippen LogP) is 4.82.